The minimum absolute atomic E-state index is 0.0126. The molecule has 2 aliphatic rings. The highest BCUT2D eigenvalue weighted by atomic mass is 32.2. The molecule has 9 nitrogen and oxygen atoms in total. The van der Waals surface area contributed by atoms with Gasteiger partial charge in [-0.15, -0.1) is 0 Å². The first-order valence-electron chi connectivity index (χ1n) is 12.3. The lowest BCUT2D eigenvalue weighted by Gasteiger charge is -2.35. The number of pyridine rings is 2. The van der Waals surface area contributed by atoms with E-state index in [-0.39, 0.29) is 27.6 Å². The fourth-order valence-electron chi connectivity index (χ4n) is 4.43. The first-order chi connectivity index (χ1) is 17.4. The Morgan fingerprint density at radius 1 is 1.00 bits per heavy atom. The van der Waals surface area contributed by atoms with Gasteiger partial charge < -0.3 is 15.3 Å². The summed E-state index contributed by atoms with van der Waals surface area (Å²) >= 11 is 0. The Morgan fingerprint density at radius 3 is 2.18 bits per heavy atom. The van der Waals surface area contributed by atoms with Crippen LogP contribution in [0.25, 0.3) is 0 Å². The number of hydrogen-bond donors (Lipinski definition) is 3. The van der Waals surface area contributed by atoms with Gasteiger partial charge in [0.05, 0.1) is 11.3 Å². The summed E-state index contributed by atoms with van der Waals surface area (Å²) < 4.78 is 68.4. The van der Waals surface area contributed by atoms with Crippen LogP contribution in [0.2, 0.25) is 0 Å². The molecule has 4 rings (SSSR count). The van der Waals surface area contributed by atoms with Crippen molar-refractivity contribution in [2.75, 3.05) is 23.3 Å². The fraction of sp³-hybridized carbons (Fsp3) is 0.560. The van der Waals surface area contributed by atoms with Gasteiger partial charge in [-0.2, -0.15) is 13.2 Å². The number of carbonyl (C=O) groups excluding carboxylic acids is 1. The number of hydrogen-bond acceptors (Lipinski definition) is 7. The van der Waals surface area contributed by atoms with Gasteiger partial charge in [-0.25, -0.2) is 23.1 Å². The second-order valence-electron chi connectivity index (χ2n) is 11.3. The maximum atomic E-state index is 13.5. The maximum absolute atomic E-state index is 13.5. The summed E-state index contributed by atoms with van der Waals surface area (Å²) in [6, 6.07) is 6.27. The van der Waals surface area contributed by atoms with Crippen molar-refractivity contribution in [1.82, 2.24) is 14.7 Å². The van der Waals surface area contributed by atoms with Crippen molar-refractivity contribution in [3.63, 3.8) is 0 Å². The summed E-state index contributed by atoms with van der Waals surface area (Å²) in [5.74, 6) is -0.749. The Kier molecular flexibility index (Phi) is 7.03. The molecule has 38 heavy (non-hydrogen) atoms. The van der Waals surface area contributed by atoms with E-state index in [0.29, 0.717) is 20.0 Å². The third-order valence-electron chi connectivity index (χ3n) is 6.93. The molecule has 1 saturated heterocycles. The highest BCUT2D eigenvalue weighted by molar-refractivity contribution is 7.89. The number of halogens is 3. The average molecular weight is 556 g/mol. The monoisotopic (exact) mass is 555 g/mol. The van der Waals surface area contributed by atoms with Crippen molar-refractivity contribution in [2.45, 2.75) is 75.7 Å². The molecule has 1 aliphatic carbocycles. The van der Waals surface area contributed by atoms with E-state index in [1.807, 2.05) is 0 Å². The summed E-state index contributed by atoms with van der Waals surface area (Å²) in [6.45, 7) is 6.67. The van der Waals surface area contributed by atoms with Crippen molar-refractivity contribution in [3.05, 3.63) is 41.6 Å². The quantitative estimate of drug-likeness (QED) is 0.493. The van der Waals surface area contributed by atoms with Crippen molar-refractivity contribution in [3.8, 4) is 0 Å². The Labute approximate surface area is 219 Å². The number of alkyl halides is 3. The van der Waals surface area contributed by atoms with Crippen molar-refractivity contribution < 1.29 is 31.5 Å². The van der Waals surface area contributed by atoms with E-state index >= 15 is 0 Å². The van der Waals surface area contributed by atoms with Crippen LogP contribution < -0.4 is 14.9 Å². The molecule has 1 amide bonds. The molecule has 208 valence electrons. The van der Waals surface area contributed by atoms with Gasteiger partial charge in [0.15, 0.2) is 10.6 Å². The fourth-order valence-corrected chi connectivity index (χ4v) is 5.81. The summed E-state index contributed by atoms with van der Waals surface area (Å²) in [5.41, 5.74) is -4.34. The van der Waals surface area contributed by atoms with Crippen molar-refractivity contribution >= 4 is 27.6 Å². The van der Waals surface area contributed by atoms with Gasteiger partial charge in [0, 0.05) is 18.6 Å². The molecule has 0 radical (unpaired) electrons. The van der Waals surface area contributed by atoms with E-state index in [1.54, 1.807) is 25.7 Å². The van der Waals surface area contributed by atoms with Crippen LogP contribution in [0.4, 0.5) is 24.8 Å². The first kappa shape index (κ1) is 28.2. The molecule has 2 aromatic rings. The molecule has 0 bridgehead atoms. The average Bonchev–Trinajstić information content (AvgIpc) is 3.55. The summed E-state index contributed by atoms with van der Waals surface area (Å²) in [6.07, 6.45) is -1.09. The Bertz CT molecular complexity index is 1330. The lowest BCUT2D eigenvalue weighted by molar-refractivity contribution is -0.260. The molecular weight excluding hydrogens is 523 g/mol. The van der Waals surface area contributed by atoms with Crippen LogP contribution in [0.1, 0.15) is 69.4 Å². The van der Waals surface area contributed by atoms with E-state index < -0.39 is 38.9 Å². The number of aliphatic hydroxyl groups is 1. The molecular formula is C25H32F3N5O4S. The molecule has 3 N–H and O–H groups in total. The van der Waals surface area contributed by atoms with Gasteiger partial charge in [-0.3, -0.25) is 4.79 Å². The Balaban J connectivity index is 1.65. The topological polar surface area (TPSA) is 125 Å². The van der Waals surface area contributed by atoms with Crippen LogP contribution in [-0.4, -0.2) is 54.2 Å². The molecule has 3 heterocycles. The van der Waals surface area contributed by atoms with E-state index in [2.05, 4.69) is 20.0 Å². The molecule has 1 spiro atoms. The highest BCUT2D eigenvalue weighted by Gasteiger charge is 2.53. The lowest BCUT2D eigenvalue weighted by Crippen LogP contribution is -2.41. The molecule has 1 aliphatic heterocycles. The number of nitrogens with zero attached hydrogens (tertiary/aromatic N) is 3. The number of sulfonamides is 1. The van der Waals surface area contributed by atoms with Gasteiger partial charge in [0.1, 0.15) is 11.6 Å². The van der Waals surface area contributed by atoms with Crippen molar-refractivity contribution in [1.29, 1.82) is 0 Å². The minimum Gasteiger partial charge on any atom is -0.375 e. The van der Waals surface area contributed by atoms with E-state index in [0.717, 1.165) is 31.7 Å². The van der Waals surface area contributed by atoms with Gasteiger partial charge in [0.25, 0.3) is 15.9 Å². The third-order valence-corrected chi connectivity index (χ3v) is 8.59. The maximum Gasteiger partial charge on any atom is 0.422 e. The van der Waals surface area contributed by atoms with Crippen LogP contribution in [0.3, 0.4) is 0 Å². The number of nitrogens with one attached hydrogen (secondary N) is 2. The van der Waals surface area contributed by atoms with Crippen LogP contribution in [0, 0.1) is 5.41 Å². The Hall–Kier alpha value is -2.77. The number of piperidine rings is 1. The largest absolute Gasteiger partial charge is 0.422 e. The molecule has 13 heteroatoms. The van der Waals surface area contributed by atoms with E-state index in [1.165, 1.54) is 24.3 Å². The summed E-state index contributed by atoms with van der Waals surface area (Å²) in [5, 5.41) is 12.4. The number of anilines is 2. The minimum atomic E-state index is -4.97. The van der Waals surface area contributed by atoms with Gasteiger partial charge in [-0.05, 0) is 83.1 Å². The molecule has 2 fully saturated rings. The van der Waals surface area contributed by atoms with E-state index in [9.17, 15) is 31.5 Å². The number of aromatic nitrogens is 2. The predicted octanol–water partition coefficient (Wildman–Crippen LogP) is 3.96. The number of rotatable bonds is 6. The molecule has 1 atom stereocenters. The van der Waals surface area contributed by atoms with Gasteiger partial charge in [0.2, 0.25) is 0 Å². The van der Waals surface area contributed by atoms with Crippen LogP contribution in [-0.2, 0) is 15.6 Å². The standard InChI is InChI=1S/C25H32F3N5O4S/c1-22(2,3)32-38(36,37)19-7-5-6-18(30-19)31-21(34)16-8-9-17(23(4,35)25(26,27)28)29-20(16)33-14-12-24(10-11-24)13-15-33/h5-9,32,35H,10-15H2,1-4H3,(H,30,31,34)/t23-/m0/s1. The number of amides is 1. The lowest BCUT2D eigenvalue weighted by atomic mass is 9.93. The normalized spacial score (nSPS) is 19.2. The third kappa shape index (κ3) is 5.94. The smallest absolute Gasteiger partial charge is 0.375 e. The number of carbonyl (C=O) groups is 1. The van der Waals surface area contributed by atoms with Crippen molar-refractivity contribution in [2.24, 2.45) is 5.41 Å². The first-order valence-corrected chi connectivity index (χ1v) is 13.8. The molecule has 2 aromatic heterocycles. The van der Waals surface area contributed by atoms with Crippen LogP contribution >= 0.6 is 0 Å². The second-order valence-corrected chi connectivity index (χ2v) is 12.9. The summed E-state index contributed by atoms with van der Waals surface area (Å²) in [4.78, 5) is 23.2. The highest BCUT2D eigenvalue weighted by Crippen LogP contribution is 2.54. The van der Waals surface area contributed by atoms with Crippen LogP contribution in [0.15, 0.2) is 35.4 Å². The predicted molar refractivity (Wildman–Crippen MR) is 135 cm³/mol. The molecule has 0 unspecified atom stereocenters. The summed E-state index contributed by atoms with van der Waals surface area (Å²) in [7, 11) is -3.97. The second kappa shape index (κ2) is 9.45. The van der Waals surface area contributed by atoms with E-state index in [4.69, 9.17) is 0 Å². The zero-order valence-corrected chi connectivity index (χ0v) is 22.5. The zero-order chi connectivity index (χ0) is 28.1. The molecule has 0 aromatic carbocycles. The zero-order valence-electron chi connectivity index (χ0n) is 21.7. The van der Waals surface area contributed by atoms with Crippen LogP contribution in [0.5, 0.6) is 0 Å². The van der Waals surface area contributed by atoms with Gasteiger partial charge >= 0.3 is 6.18 Å². The molecule has 1 saturated carbocycles. The van der Waals surface area contributed by atoms with Gasteiger partial charge in [-0.1, -0.05) is 6.07 Å². The Morgan fingerprint density at radius 2 is 1.63 bits per heavy atom. The SMILES string of the molecule is CC(C)(C)NS(=O)(=O)c1cccc(NC(=O)c2ccc([C@](C)(O)C(F)(F)F)nc2N2CCC3(CC2)CC3)n1.